The lowest BCUT2D eigenvalue weighted by atomic mass is 10.2. The predicted molar refractivity (Wildman–Crippen MR) is 116 cm³/mol. The number of ether oxygens (including phenoxy) is 3. The van der Waals surface area contributed by atoms with Crippen molar-refractivity contribution in [3.63, 3.8) is 0 Å². The Balaban J connectivity index is 1.73. The van der Waals surface area contributed by atoms with Gasteiger partial charge in [-0.2, -0.15) is 0 Å². The molecule has 1 fully saturated rings. The van der Waals surface area contributed by atoms with Crippen LogP contribution in [0.1, 0.15) is 18.9 Å². The molecule has 0 atom stereocenters. The van der Waals surface area contributed by atoms with Crippen molar-refractivity contribution in [1.29, 1.82) is 0 Å². The Morgan fingerprint density at radius 1 is 1.13 bits per heavy atom. The van der Waals surface area contributed by atoms with E-state index in [1.807, 2.05) is 37.3 Å². The van der Waals surface area contributed by atoms with Crippen LogP contribution in [-0.2, 0) is 14.3 Å². The van der Waals surface area contributed by atoms with E-state index in [9.17, 15) is 9.59 Å². The Hall–Kier alpha value is -2.58. The Bertz CT molecular complexity index is 715. The first-order valence-electron chi connectivity index (χ1n) is 10.3. The van der Waals surface area contributed by atoms with E-state index in [-0.39, 0.29) is 18.4 Å². The van der Waals surface area contributed by atoms with Crippen LogP contribution in [0.15, 0.2) is 24.3 Å². The van der Waals surface area contributed by atoms with E-state index in [0.717, 1.165) is 12.0 Å². The summed E-state index contributed by atoms with van der Waals surface area (Å²) in [4.78, 5) is 28.3. The van der Waals surface area contributed by atoms with Crippen LogP contribution in [0, 0.1) is 0 Å². The van der Waals surface area contributed by atoms with Crippen molar-refractivity contribution in [2.75, 3.05) is 66.7 Å². The van der Waals surface area contributed by atoms with Gasteiger partial charge in [-0.25, -0.2) is 0 Å². The molecule has 0 unspecified atom stereocenters. The van der Waals surface area contributed by atoms with E-state index in [1.54, 1.807) is 19.1 Å². The van der Waals surface area contributed by atoms with Gasteiger partial charge in [0.1, 0.15) is 0 Å². The Kier molecular flexibility index (Phi) is 10.2. The van der Waals surface area contributed by atoms with Crippen LogP contribution in [0.2, 0.25) is 0 Å². The van der Waals surface area contributed by atoms with Gasteiger partial charge in [0, 0.05) is 46.4 Å². The molecule has 0 radical (unpaired) electrons. The number of rotatable bonds is 11. The number of allylic oxidation sites excluding steroid dienone is 1. The van der Waals surface area contributed by atoms with Gasteiger partial charge in [0.15, 0.2) is 18.1 Å². The van der Waals surface area contributed by atoms with Crippen LogP contribution < -0.4 is 14.8 Å². The Labute approximate surface area is 178 Å². The van der Waals surface area contributed by atoms with Gasteiger partial charge >= 0.3 is 0 Å². The molecule has 2 rings (SSSR count). The molecule has 1 aromatic carbocycles. The molecule has 0 aliphatic carbocycles. The van der Waals surface area contributed by atoms with Gasteiger partial charge in [-0.3, -0.25) is 14.5 Å². The van der Waals surface area contributed by atoms with Gasteiger partial charge in [-0.1, -0.05) is 18.2 Å². The number of nitrogens with one attached hydrogen (secondary N) is 1. The molecule has 30 heavy (non-hydrogen) atoms. The standard InChI is InChI=1S/C22H33N3O5/c1-4-6-18-7-8-19(20(15-18)29-3)30-17-22(27)25-12-10-24(11-13-25)16-21(26)23-9-5-14-28-2/h4,6-8,15H,5,9-14,16-17H2,1-3H3,(H,23,26)/b6-4+. The SMILES string of the molecule is C/C=C/c1ccc(OCC(=O)N2CCN(CC(=O)NCCCOC)CC2)c(OC)c1. The third-order valence-electron chi connectivity index (χ3n) is 4.84. The molecule has 0 bridgehead atoms. The second-order valence-electron chi connectivity index (χ2n) is 7.05. The molecular weight excluding hydrogens is 386 g/mol. The number of piperazine rings is 1. The number of carbonyl (C=O) groups is 2. The highest BCUT2D eigenvalue weighted by molar-refractivity contribution is 5.79. The van der Waals surface area contributed by atoms with Crippen LogP contribution in [0.3, 0.4) is 0 Å². The zero-order valence-electron chi connectivity index (χ0n) is 18.2. The van der Waals surface area contributed by atoms with Crippen molar-refractivity contribution in [2.24, 2.45) is 0 Å². The van der Waals surface area contributed by atoms with Gasteiger partial charge in [0.2, 0.25) is 5.91 Å². The third kappa shape index (κ3) is 7.68. The lowest BCUT2D eigenvalue weighted by Gasteiger charge is -2.34. The fourth-order valence-corrected chi connectivity index (χ4v) is 3.19. The Morgan fingerprint density at radius 3 is 2.57 bits per heavy atom. The molecule has 1 aliphatic heterocycles. The number of nitrogens with zero attached hydrogens (tertiary/aromatic N) is 2. The summed E-state index contributed by atoms with van der Waals surface area (Å²) in [5, 5.41) is 2.88. The van der Waals surface area contributed by atoms with Crippen LogP contribution >= 0.6 is 0 Å². The molecule has 1 heterocycles. The monoisotopic (exact) mass is 419 g/mol. The van der Waals surface area contributed by atoms with Crippen molar-refractivity contribution in [2.45, 2.75) is 13.3 Å². The van der Waals surface area contributed by atoms with Crippen LogP contribution in [0.25, 0.3) is 6.08 Å². The topological polar surface area (TPSA) is 80.3 Å². The molecule has 1 saturated heterocycles. The van der Waals surface area contributed by atoms with E-state index in [0.29, 0.717) is 57.4 Å². The van der Waals surface area contributed by atoms with Gasteiger partial charge in [0.25, 0.3) is 5.91 Å². The molecule has 1 N–H and O–H groups in total. The number of methoxy groups -OCH3 is 2. The van der Waals surface area contributed by atoms with Gasteiger partial charge in [-0.15, -0.1) is 0 Å². The maximum absolute atomic E-state index is 12.5. The normalized spacial score (nSPS) is 14.7. The quantitative estimate of drug-likeness (QED) is 0.546. The van der Waals surface area contributed by atoms with Crippen LogP contribution in [0.5, 0.6) is 11.5 Å². The molecule has 8 heteroatoms. The zero-order valence-corrected chi connectivity index (χ0v) is 18.2. The Morgan fingerprint density at radius 2 is 1.90 bits per heavy atom. The summed E-state index contributed by atoms with van der Waals surface area (Å²) in [5.74, 6) is 1.07. The lowest BCUT2D eigenvalue weighted by molar-refractivity contribution is -0.135. The highest BCUT2D eigenvalue weighted by Crippen LogP contribution is 2.28. The first-order valence-corrected chi connectivity index (χ1v) is 10.3. The first-order chi connectivity index (χ1) is 14.6. The van der Waals surface area contributed by atoms with E-state index >= 15 is 0 Å². The fourth-order valence-electron chi connectivity index (χ4n) is 3.19. The van der Waals surface area contributed by atoms with Crippen molar-refractivity contribution in [3.8, 4) is 11.5 Å². The molecule has 0 spiro atoms. The van der Waals surface area contributed by atoms with Gasteiger partial charge < -0.3 is 24.4 Å². The average molecular weight is 420 g/mol. The van der Waals surface area contributed by atoms with Gasteiger partial charge in [0.05, 0.1) is 13.7 Å². The number of benzene rings is 1. The summed E-state index contributed by atoms with van der Waals surface area (Å²) in [7, 11) is 3.22. The zero-order chi connectivity index (χ0) is 21.8. The van der Waals surface area contributed by atoms with E-state index in [4.69, 9.17) is 14.2 Å². The van der Waals surface area contributed by atoms with Crippen LogP contribution in [0.4, 0.5) is 0 Å². The van der Waals surface area contributed by atoms with Crippen LogP contribution in [-0.4, -0.2) is 88.3 Å². The molecule has 0 aromatic heterocycles. The van der Waals surface area contributed by atoms with Crippen molar-refractivity contribution in [3.05, 3.63) is 29.8 Å². The second kappa shape index (κ2) is 12.9. The lowest BCUT2D eigenvalue weighted by Crippen LogP contribution is -2.52. The highest BCUT2D eigenvalue weighted by atomic mass is 16.5. The van der Waals surface area contributed by atoms with E-state index in [2.05, 4.69) is 10.2 Å². The minimum atomic E-state index is -0.0711. The number of carbonyl (C=O) groups excluding carboxylic acids is 2. The summed E-state index contributed by atoms with van der Waals surface area (Å²) < 4.78 is 16.0. The first kappa shape index (κ1) is 23.7. The van der Waals surface area contributed by atoms with E-state index in [1.165, 1.54) is 0 Å². The highest BCUT2D eigenvalue weighted by Gasteiger charge is 2.23. The van der Waals surface area contributed by atoms with Crippen molar-refractivity contribution in [1.82, 2.24) is 15.1 Å². The minimum absolute atomic E-state index is 0.00247. The smallest absolute Gasteiger partial charge is 0.260 e. The number of amides is 2. The molecule has 1 aromatic rings. The summed E-state index contributed by atoms with van der Waals surface area (Å²) in [5.41, 5.74) is 1.01. The predicted octanol–water partition coefficient (Wildman–Crippen LogP) is 1.40. The van der Waals surface area contributed by atoms with Gasteiger partial charge in [-0.05, 0) is 31.0 Å². The third-order valence-corrected chi connectivity index (χ3v) is 4.84. The maximum Gasteiger partial charge on any atom is 0.260 e. The largest absolute Gasteiger partial charge is 0.493 e. The molecule has 166 valence electrons. The van der Waals surface area contributed by atoms with Crippen molar-refractivity contribution >= 4 is 17.9 Å². The molecule has 8 nitrogen and oxygen atoms in total. The maximum atomic E-state index is 12.5. The minimum Gasteiger partial charge on any atom is -0.493 e. The molecule has 1 aliphatic rings. The second-order valence-corrected chi connectivity index (χ2v) is 7.05. The fraction of sp³-hybridized carbons (Fsp3) is 0.545. The summed E-state index contributed by atoms with van der Waals surface area (Å²) >= 11 is 0. The summed E-state index contributed by atoms with van der Waals surface area (Å²) in [6.07, 6.45) is 4.72. The summed E-state index contributed by atoms with van der Waals surface area (Å²) in [6.45, 7) is 5.99. The molecule has 0 saturated carbocycles. The number of hydrogen-bond donors (Lipinski definition) is 1. The molecule has 2 amide bonds. The molecular formula is C22H33N3O5. The average Bonchev–Trinajstić information content (AvgIpc) is 2.76. The summed E-state index contributed by atoms with van der Waals surface area (Å²) in [6, 6.07) is 5.60. The number of hydrogen-bond acceptors (Lipinski definition) is 6. The van der Waals surface area contributed by atoms with E-state index < -0.39 is 0 Å². The van der Waals surface area contributed by atoms with Crippen molar-refractivity contribution < 1.29 is 23.8 Å².